The number of hydrogen-bond acceptors (Lipinski definition) is 2. The summed E-state index contributed by atoms with van der Waals surface area (Å²) in [4.78, 5) is 6.53. The van der Waals surface area contributed by atoms with Crippen molar-refractivity contribution in [2.75, 3.05) is 18.0 Å². The van der Waals surface area contributed by atoms with Gasteiger partial charge in [0.15, 0.2) is 0 Å². The summed E-state index contributed by atoms with van der Waals surface area (Å²) in [6.45, 7) is 6.82. The summed E-state index contributed by atoms with van der Waals surface area (Å²) in [5, 5.41) is 0. The predicted molar refractivity (Wildman–Crippen MR) is 66.3 cm³/mol. The molecule has 0 radical (unpaired) electrons. The van der Waals surface area contributed by atoms with E-state index in [2.05, 4.69) is 35.9 Å². The van der Waals surface area contributed by atoms with Crippen LogP contribution in [0, 0.1) is 0 Å². The Morgan fingerprint density at radius 3 is 2.00 bits per heavy atom. The van der Waals surface area contributed by atoms with E-state index < -0.39 is 0 Å². The van der Waals surface area contributed by atoms with Gasteiger partial charge in [0.25, 0.3) is 0 Å². The molecule has 0 aliphatic heterocycles. The smallest absolute Gasteiger partial charge is 0.0397 e. The topological polar surface area (TPSA) is 16.1 Å². The maximum Gasteiger partial charge on any atom is 0.0397 e. The Labute approximate surface area is 93.3 Å². The molecule has 0 saturated heterocycles. The molecule has 1 heterocycles. The Hall–Kier alpha value is -1.05. The molecule has 84 valence electrons. The lowest BCUT2D eigenvalue weighted by Crippen LogP contribution is -2.25. The lowest BCUT2D eigenvalue weighted by atomic mass is 10.2. The van der Waals surface area contributed by atoms with E-state index in [4.69, 9.17) is 0 Å². The van der Waals surface area contributed by atoms with Gasteiger partial charge in [-0.1, -0.05) is 26.7 Å². The van der Waals surface area contributed by atoms with Crippen LogP contribution in [-0.2, 0) is 0 Å². The van der Waals surface area contributed by atoms with Gasteiger partial charge in [0.2, 0.25) is 0 Å². The van der Waals surface area contributed by atoms with Crippen molar-refractivity contribution in [1.82, 2.24) is 4.98 Å². The van der Waals surface area contributed by atoms with Crippen LogP contribution in [0.3, 0.4) is 0 Å². The fraction of sp³-hybridized carbons (Fsp3) is 0.615. The molecule has 0 aliphatic rings. The average molecular weight is 206 g/mol. The second-order valence-electron chi connectivity index (χ2n) is 3.90. The molecule has 0 amide bonds. The third kappa shape index (κ3) is 4.32. The van der Waals surface area contributed by atoms with Crippen LogP contribution < -0.4 is 4.90 Å². The fourth-order valence-electron chi connectivity index (χ4n) is 1.62. The lowest BCUT2D eigenvalue weighted by Gasteiger charge is -2.24. The number of unbranched alkanes of at least 4 members (excludes halogenated alkanes) is 2. The van der Waals surface area contributed by atoms with Crippen LogP contribution in [0.5, 0.6) is 0 Å². The summed E-state index contributed by atoms with van der Waals surface area (Å²) >= 11 is 0. The van der Waals surface area contributed by atoms with Crippen molar-refractivity contribution in [3.05, 3.63) is 24.5 Å². The molecule has 0 fully saturated rings. The molecule has 2 nitrogen and oxygen atoms in total. The minimum atomic E-state index is 1.17. The number of nitrogens with zero attached hydrogens (tertiary/aromatic N) is 2. The first-order chi connectivity index (χ1) is 7.38. The van der Waals surface area contributed by atoms with Gasteiger partial charge in [-0.15, -0.1) is 0 Å². The summed E-state index contributed by atoms with van der Waals surface area (Å²) < 4.78 is 0. The van der Waals surface area contributed by atoms with Gasteiger partial charge in [0, 0.05) is 31.2 Å². The summed E-state index contributed by atoms with van der Waals surface area (Å²) in [5.74, 6) is 0. The molecule has 15 heavy (non-hydrogen) atoms. The van der Waals surface area contributed by atoms with Crippen molar-refractivity contribution >= 4 is 5.69 Å². The van der Waals surface area contributed by atoms with E-state index in [9.17, 15) is 0 Å². The molecular weight excluding hydrogens is 184 g/mol. The molecule has 2 heteroatoms. The molecule has 0 aliphatic carbocycles. The molecule has 0 atom stereocenters. The van der Waals surface area contributed by atoms with E-state index in [0.29, 0.717) is 0 Å². The summed E-state index contributed by atoms with van der Waals surface area (Å²) in [6.07, 6.45) is 8.81. The van der Waals surface area contributed by atoms with Crippen molar-refractivity contribution < 1.29 is 0 Å². The molecule has 1 aromatic heterocycles. The minimum Gasteiger partial charge on any atom is -0.371 e. The Bertz CT molecular complexity index is 238. The highest BCUT2D eigenvalue weighted by Crippen LogP contribution is 2.13. The second kappa shape index (κ2) is 7.27. The number of hydrogen-bond donors (Lipinski definition) is 0. The van der Waals surface area contributed by atoms with E-state index >= 15 is 0 Å². The van der Waals surface area contributed by atoms with Crippen LogP contribution in [0.25, 0.3) is 0 Å². The number of aromatic nitrogens is 1. The summed E-state index contributed by atoms with van der Waals surface area (Å²) in [6, 6.07) is 4.20. The number of rotatable bonds is 7. The SMILES string of the molecule is CCCCN(CCCC)c1ccncc1. The zero-order valence-corrected chi connectivity index (χ0v) is 9.95. The largest absolute Gasteiger partial charge is 0.371 e. The van der Waals surface area contributed by atoms with Gasteiger partial charge < -0.3 is 4.90 Å². The molecular formula is C13H22N2. The standard InChI is InChI=1S/C13H22N2/c1-3-5-11-15(12-6-4-2)13-7-9-14-10-8-13/h7-10H,3-6,11-12H2,1-2H3. The highest BCUT2D eigenvalue weighted by molar-refractivity contribution is 5.44. The van der Waals surface area contributed by atoms with Gasteiger partial charge in [-0.05, 0) is 25.0 Å². The van der Waals surface area contributed by atoms with Crippen molar-refractivity contribution in [2.45, 2.75) is 39.5 Å². The Morgan fingerprint density at radius 1 is 1.00 bits per heavy atom. The molecule has 0 spiro atoms. The van der Waals surface area contributed by atoms with Crippen molar-refractivity contribution in [2.24, 2.45) is 0 Å². The number of anilines is 1. The highest BCUT2D eigenvalue weighted by atomic mass is 15.1. The molecule has 0 saturated carbocycles. The van der Waals surface area contributed by atoms with Gasteiger partial charge in [-0.25, -0.2) is 0 Å². The Balaban J connectivity index is 2.55. The van der Waals surface area contributed by atoms with E-state index in [1.54, 1.807) is 0 Å². The van der Waals surface area contributed by atoms with E-state index in [0.717, 1.165) is 0 Å². The monoisotopic (exact) mass is 206 g/mol. The quantitative estimate of drug-likeness (QED) is 0.679. The van der Waals surface area contributed by atoms with Gasteiger partial charge >= 0.3 is 0 Å². The van der Waals surface area contributed by atoms with Crippen LogP contribution >= 0.6 is 0 Å². The van der Waals surface area contributed by atoms with Gasteiger partial charge in [0.05, 0.1) is 0 Å². The fourth-order valence-corrected chi connectivity index (χ4v) is 1.62. The van der Waals surface area contributed by atoms with Crippen LogP contribution in [0.4, 0.5) is 5.69 Å². The third-order valence-electron chi connectivity index (χ3n) is 2.59. The normalized spacial score (nSPS) is 10.3. The zero-order valence-electron chi connectivity index (χ0n) is 9.95. The maximum atomic E-state index is 4.06. The first-order valence-corrected chi connectivity index (χ1v) is 6.03. The van der Waals surface area contributed by atoms with E-state index in [-0.39, 0.29) is 0 Å². The van der Waals surface area contributed by atoms with Crippen LogP contribution in [0.1, 0.15) is 39.5 Å². The van der Waals surface area contributed by atoms with Crippen molar-refractivity contribution in [3.63, 3.8) is 0 Å². The van der Waals surface area contributed by atoms with Gasteiger partial charge in [-0.2, -0.15) is 0 Å². The Kier molecular flexibility index (Phi) is 5.83. The molecule has 0 N–H and O–H groups in total. The molecule has 1 rings (SSSR count). The molecule has 0 bridgehead atoms. The van der Waals surface area contributed by atoms with Crippen LogP contribution in [0.2, 0.25) is 0 Å². The van der Waals surface area contributed by atoms with E-state index in [1.165, 1.54) is 44.5 Å². The van der Waals surface area contributed by atoms with Gasteiger partial charge in [0.1, 0.15) is 0 Å². The van der Waals surface area contributed by atoms with Gasteiger partial charge in [-0.3, -0.25) is 4.98 Å². The average Bonchev–Trinajstić information content (AvgIpc) is 2.30. The third-order valence-corrected chi connectivity index (χ3v) is 2.59. The molecule has 0 aromatic carbocycles. The van der Waals surface area contributed by atoms with E-state index in [1.807, 2.05) is 12.4 Å². The summed E-state index contributed by atoms with van der Waals surface area (Å²) in [7, 11) is 0. The van der Waals surface area contributed by atoms with Crippen molar-refractivity contribution in [3.8, 4) is 0 Å². The summed E-state index contributed by atoms with van der Waals surface area (Å²) in [5.41, 5.74) is 1.31. The zero-order chi connectivity index (χ0) is 10.9. The second-order valence-corrected chi connectivity index (χ2v) is 3.90. The van der Waals surface area contributed by atoms with Crippen molar-refractivity contribution in [1.29, 1.82) is 0 Å². The number of pyridine rings is 1. The lowest BCUT2D eigenvalue weighted by molar-refractivity contribution is 0.677. The maximum absolute atomic E-state index is 4.06. The van der Waals surface area contributed by atoms with Crippen LogP contribution in [-0.4, -0.2) is 18.1 Å². The highest BCUT2D eigenvalue weighted by Gasteiger charge is 2.04. The molecule has 0 unspecified atom stereocenters. The first-order valence-electron chi connectivity index (χ1n) is 6.03. The van der Waals surface area contributed by atoms with Crippen LogP contribution in [0.15, 0.2) is 24.5 Å². The Morgan fingerprint density at radius 2 is 1.53 bits per heavy atom. The predicted octanol–water partition coefficient (Wildman–Crippen LogP) is 3.49. The first kappa shape index (κ1) is 12.0. The molecule has 1 aromatic rings. The minimum absolute atomic E-state index is 1.17.